The summed E-state index contributed by atoms with van der Waals surface area (Å²) in [7, 11) is 0. The summed E-state index contributed by atoms with van der Waals surface area (Å²) in [6, 6.07) is 3.49. The van der Waals surface area contributed by atoms with Gasteiger partial charge in [0, 0.05) is 18.0 Å². The Kier molecular flexibility index (Phi) is 8.61. The van der Waals surface area contributed by atoms with Gasteiger partial charge in [0.15, 0.2) is 5.78 Å². The van der Waals surface area contributed by atoms with Crippen molar-refractivity contribution in [1.82, 2.24) is 4.98 Å². The Balaban J connectivity index is 0.000000342. The van der Waals surface area contributed by atoms with Crippen molar-refractivity contribution in [2.45, 2.75) is 20.8 Å². The fourth-order valence-electron chi connectivity index (χ4n) is 0.951. The average molecular weight is 267 g/mol. The quantitative estimate of drug-likeness (QED) is 0.467. The fourth-order valence-corrected chi connectivity index (χ4v) is 0.951. The molecule has 0 radical (unpaired) electrons. The summed E-state index contributed by atoms with van der Waals surface area (Å²) in [5.41, 5.74) is 0.664. The van der Waals surface area contributed by atoms with Crippen LogP contribution in [0.15, 0.2) is 24.5 Å². The van der Waals surface area contributed by atoms with Gasteiger partial charge in [-0.3, -0.25) is 9.78 Å². The lowest BCUT2D eigenvalue weighted by Crippen LogP contribution is -2.19. The molecule has 0 aliphatic heterocycles. The topological polar surface area (TPSA) is 82.6 Å². The van der Waals surface area contributed by atoms with Crippen LogP contribution in [0.5, 0.6) is 0 Å². The molecular formula is C13H17NO5. The van der Waals surface area contributed by atoms with E-state index in [1.807, 2.05) is 0 Å². The van der Waals surface area contributed by atoms with E-state index in [1.165, 1.54) is 6.92 Å². The van der Waals surface area contributed by atoms with Gasteiger partial charge in [0.25, 0.3) is 0 Å². The number of ketones is 1. The molecule has 1 aromatic rings. The van der Waals surface area contributed by atoms with Gasteiger partial charge in [0.1, 0.15) is 0 Å². The molecule has 0 amide bonds. The van der Waals surface area contributed by atoms with E-state index in [9.17, 15) is 14.4 Å². The van der Waals surface area contributed by atoms with E-state index in [-0.39, 0.29) is 19.0 Å². The molecule has 0 N–H and O–H groups in total. The van der Waals surface area contributed by atoms with Crippen molar-refractivity contribution in [3.63, 3.8) is 0 Å². The molecule has 1 rings (SSSR count). The highest BCUT2D eigenvalue weighted by Gasteiger charge is 2.14. The highest BCUT2D eigenvalue weighted by Crippen LogP contribution is 1.94. The minimum atomic E-state index is -0.927. The number of aromatic nitrogens is 1. The van der Waals surface area contributed by atoms with Gasteiger partial charge in [-0.1, -0.05) is 0 Å². The van der Waals surface area contributed by atoms with Crippen LogP contribution in [0.1, 0.15) is 31.1 Å². The van der Waals surface area contributed by atoms with E-state index in [0.29, 0.717) is 5.56 Å². The average Bonchev–Trinajstić information content (AvgIpc) is 2.41. The Bertz CT molecular complexity index is 400. The van der Waals surface area contributed by atoms with E-state index in [4.69, 9.17) is 0 Å². The van der Waals surface area contributed by atoms with Crippen molar-refractivity contribution in [3.8, 4) is 0 Å². The molecule has 0 bridgehead atoms. The normalized spacial score (nSPS) is 8.79. The summed E-state index contributed by atoms with van der Waals surface area (Å²) < 4.78 is 8.69. The number of pyridine rings is 1. The van der Waals surface area contributed by atoms with Gasteiger partial charge in [-0.15, -0.1) is 0 Å². The number of rotatable bonds is 3. The Morgan fingerprint density at radius 2 is 1.63 bits per heavy atom. The number of Topliss-reactive ketones (excluding diaryl/α,β-unsaturated/α-hetero) is 1. The summed E-state index contributed by atoms with van der Waals surface area (Å²) in [6.45, 7) is 5.15. The van der Waals surface area contributed by atoms with Crippen molar-refractivity contribution >= 4 is 17.7 Å². The van der Waals surface area contributed by atoms with Gasteiger partial charge in [-0.2, -0.15) is 0 Å². The Morgan fingerprint density at radius 1 is 1.11 bits per heavy atom. The maximum Gasteiger partial charge on any atom is 0.417 e. The largest absolute Gasteiger partial charge is 0.458 e. The third-order valence-corrected chi connectivity index (χ3v) is 1.79. The molecule has 6 nitrogen and oxygen atoms in total. The molecule has 1 heterocycles. The predicted octanol–water partition coefficient (Wildman–Crippen LogP) is 1.40. The zero-order valence-electron chi connectivity index (χ0n) is 11.2. The van der Waals surface area contributed by atoms with E-state index >= 15 is 0 Å². The number of hydrogen-bond acceptors (Lipinski definition) is 6. The van der Waals surface area contributed by atoms with Crippen LogP contribution in [-0.2, 0) is 19.1 Å². The van der Waals surface area contributed by atoms with Crippen LogP contribution < -0.4 is 0 Å². The first-order valence-corrected chi connectivity index (χ1v) is 5.77. The molecule has 0 spiro atoms. The second-order valence-corrected chi connectivity index (χ2v) is 3.24. The molecule has 1 aromatic heterocycles. The Hall–Kier alpha value is -2.24. The van der Waals surface area contributed by atoms with Gasteiger partial charge in [0.2, 0.25) is 0 Å². The molecule has 0 aromatic carbocycles. The summed E-state index contributed by atoms with van der Waals surface area (Å²) in [6.07, 6.45) is 3.20. The molecular weight excluding hydrogens is 250 g/mol. The maximum atomic E-state index is 10.6. The molecule has 0 saturated carbocycles. The number of carbonyl (C=O) groups is 3. The van der Waals surface area contributed by atoms with Crippen molar-refractivity contribution < 1.29 is 23.9 Å². The monoisotopic (exact) mass is 267 g/mol. The highest BCUT2D eigenvalue weighted by molar-refractivity contribution is 6.29. The van der Waals surface area contributed by atoms with Gasteiger partial charge in [0.05, 0.1) is 13.2 Å². The van der Waals surface area contributed by atoms with Gasteiger partial charge in [-0.05, 0) is 32.9 Å². The van der Waals surface area contributed by atoms with E-state index in [2.05, 4.69) is 14.5 Å². The Labute approximate surface area is 111 Å². The van der Waals surface area contributed by atoms with Crippen LogP contribution in [0.2, 0.25) is 0 Å². The summed E-state index contributed by atoms with van der Waals surface area (Å²) >= 11 is 0. The molecule has 0 fully saturated rings. The SMILES string of the molecule is CC(=O)c1cccnc1.CCOC(=O)C(=O)OCC. The standard InChI is InChI=1S/C7H7NO.C6H10O4/c1-6(9)7-3-2-4-8-5-7;1-3-9-5(7)6(8)10-4-2/h2-5H,1H3;3-4H2,1-2H3. The number of nitrogens with zero attached hydrogens (tertiary/aromatic N) is 1. The molecule has 19 heavy (non-hydrogen) atoms. The van der Waals surface area contributed by atoms with Crippen LogP contribution in [0.3, 0.4) is 0 Å². The molecule has 0 atom stereocenters. The van der Waals surface area contributed by atoms with Crippen LogP contribution in [0.4, 0.5) is 0 Å². The second-order valence-electron chi connectivity index (χ2n) is 3.24. The fraction of sp³-hybridized carbons (Fsp3) is 0.385. The smallest absolute Gasteiger partial charge is 0.417 e. The van der Waals surface area contributed by atoms with Crippen LogP contribution in [0.25, 0.3) is 0 Å². The van der Waals surface area contributed by atoms with E-state index < -0.39 is 11.9 Å². The van der Waals surface area contributed by atoms with E-state index in [0.717, 1.165) is 0 Å². The second kappa shape index (κ2) is 9.76. The van der Waals surface area contributed by atoms with Crippen LogP contribution >= 0.6 is 0 Å². The molecule has 0 unspecified atom stereocenters. The first-order valence-electron chi connectivity index (χ1n) is 5.77. The highest BCUT2D eigenvalue weighted by atomic mass is 16.6. The third kappa shape index (κ3) is 7.64. The van der Waals surface area contributed by atoms with Crippen molar-refractivity contribution in [1.29, 1.82) is 0 Å². The van der Waals surface area contributed by atoms with Crippen molar-refractivity contribution in [2.24, 2.45) is 0 Å². The summed E-state index contributed by atoms with van der Waals surface area (Å²) in [5, 5.41) is 0. The number of carbonyl (C=O) groups excluding carboxylic acids is 3. The first kappa shape index (κ1) is 16.8. The lowest BCUT2D eigenvalue weighted by atomic mass is 10.2. The lowest BCUT2D eigenvalue weighted by molar-refractivity contribution is -0.167. The number of hydrogen-bond donors (Lipinski definition) is 0. The minimum Gasteiger partial charge on any atom is -0.458 e. The summed E-state index contributed by atoms with van der Waals surface area (Å²) in [4.78, 5) is 35.3. The molecule has 0 aliphatic carbocycles. The number of ether oxygens (including phenoxy) is 2. The first-order chi connectivity index (χ1) is 9.02. The zero-order valence-corrected chi connectivity index (χ0v) is 11.2. The number of esters is 2. The zero-order chi connectivity index (χ0) is 14.7. The molecule has 104 valence electrons. The molecule has 6 heteroatoms. The summed E-state index contributed by atoms with van der Waals surface area (Å²) in [5.74, 6) is -1.79. The van der Waals surface area contributed by atoms with Crippen LogP contribution in [0, 0.1) is 0 Å². The molecule has 0 aliphatic rings. The molecule has 0 saturated heterocycles. The Morgan fingerprint density at radius 3 is 1.89 bits per heavy atom. The van der Waals surface area contributed by atoms with Gasteiger partial charge >= 0.3 is 11.9 Å². The lowest BCUT2D eigenvalue weighted by Gasteiger charge is -1.99. The van der Waals surface area contributed by atoms with Gasteiger partial charge in [-0.25, -0.2) is 9.59 Å². The van der Waals surface area contributed by atoms with Gasteiger partial charge < -0.3 is 9.47 Å². The maximum absolute atomic E-state index is 10.6. The third-order valence-electron chi connectivity index (χ3n) is 1.79. The van der Waals surface area contributed by atoms with Crippen molar-refractivity contribution in [3.05, 3.63) is 30.1 Å². The van der Waals surface area contributed by atoms with E-state index in [1.54, 1.807) is 38.4 Å². The van der Waals surface area contributed by atoms with Crippen molar-refractivity contribution in [2.75, 3.05) is 13.2 Å². The minimum absolute atomic E-state index is 0.0584. The predicted molar refractivity (Wildman–Crippen MR) is 67.5 cm³/mol. The van der Waals surface area contributed by atoms with Crippen LogP contribution in [-0.4, -0.2) is 35.9 Å².